The summed E-state index contributed by atoms with van der Waals surface area (Å²) in [7, 11) is 1.67. The van der Waals surface area contributed by atoms with Crippen LogP contribution in [-0.4, -0.2) is 46.2 Å². The zero-order valence-corrected chi connectivity index (χ0v) is 11.8. The van der Waals surface area contributed by atoms with Crippen LogP contribution in [0.25, 0.3) is 0 Å². The number of fused-ring (bicyclic) bond motifs is 2. The molecule has 0 spiro atoms. The van der Waals surface area contributed by atoms with E-state index in [1.807, 2.05) is 0 Å². The van der Waals surface area contributed by atoms with Gasteiger partial charge in [-0.25, -0.2) is 4.79 Å². The van der Waals surface area contributed by atoms with Crippen molar-refractivity contribution in [3.05, 3.63) is 24.3 Å². The van der Waals surface area contributed by atoms with Gasteiger partial charge in [0.2, 0.25) is 0 Å². The minimum atomic E-state index is -0.813. The van der Waals surface area contributed by atoms with Gasteiger partial charge in [0.15, 0.2) is 0 Å². The van der Waals surface area contributed by atoms with Gasteiger partial charge in [-0.2, -0.15) is 0 Å². The van der Waals surface area contributed by atoms with E-state index in [2.05, 4.69) is 0 Å². The van der Waals surface area contributed by atoms with Crippen LogP contribution in [0.1, 0.15) is 19.3 Å². The lowest BCUT2D eigenvalue weighted by Gasteiger charge is -2.28. The third-order valence-corrected chi connectivity index (χ3v) is 4.60. The Balaban J connectivity index is 1.79. The Kier molecular flexibility index (Phi) is 3.23. The first-order chi connectivity index (χ1) is 9.99. The van der Waals surface area contributed by atoms with Crippen LogP contribution < -0.4 is 4.90 Å². The van der Waals surface area contributed by atoms with Gasteiger partial charge in [0.25, 0.3) is 0 Å². The van der Waals surface area contributed by atoms with Crippen molar-refractivity contribution in [3.8, 4) is 5.75 Å². The normalized spacial score (nSPS) is 26.9. The van der Waals surface area contributed by atoms with Crippen molar-refractivity contribution in [1.29, 1.82) is 0 Å². The van der Waals surface area contributed by atoms with E-state index in [0.29, 0.717) is 12.1 Å². The molecule has 3 rings (SSSR count). The second-order valence-corrected chi connectivity index (χ2v) is 5.74. The maximum Gasteiger partial charge on any atom is 0.324 e. The quantitative estimate of drug-likeness (QED) is 0.871. The first-order valence-corrected chi connectivity index (χ1v) is 7.07. The Morgan fingerprint density at radius 3 is 2.48 bits per heavy atom. The molecular weight excluding hydrogens is 272 g/mol. The molecule has 6 nitrogen and oxygen atoms in total. The topological polar surface area (TPSA) is 81.1 Å². The SMILES string of the molecule is CN(C(=O)N1C2CCC1C(C(=O)O)C2)c1ccc(O)cc1. The molecule has 2 amide bonds. The number of anilines is 1. The van der Waals surface area contributed by atoms with Crippen LogP contribution in [-0.2, 0) is 4.79 Å². The molecule has 1 aromatic rings. The number of carbonyl (C=O) groups is 2. The molecule has 21 heavy (non-hydrogen) atoms. The van der Waals surface area contributed by atoms with E-state index in [1.54, 1.807) is 24.1 Å². The highest BCUT2D eigenvalue weighted by Crippen LogP contribution is 2.42. The highest BCUT2D eigenvalue weighted by molar-refractivity contribution is 5.93. The molecule has 3 unspecified atom stereocenters. The van der Waals surface area contributed by atoms with Gasteiger partial charge < -0.3 is 15.1 Å². The number of hydrogen-bond donors (Lipinski definition) is 2. The summed E-state index contributed by atoms with van der Waals surface area (Å²) in [6.45, 7) is 0. The number of phenolic OH excluding ortho intramolecular Hbond substituents is 1. The Morgan fingerprint density at radius 1 is 1.24 bits per heavy atom. The molecule has 2 fully saturated rings. The van der Waals surface area contributed by atoms with Gasteiger partial charge in [0.1, 0.15) is 5.75 Å². The molecule has 1 aromatic carbocycles. The largest absolute Gasteiger partial charge is 0.508 e. The van der Waals surface area contributed by atoms with Crippen molar-refractivity contribution in [2.24, 2.45) is 5.92 Å². The summed E-state index contributed by atoms with van der Waals surface area (Å²) in [6.07, 6.45) is 2.19. The Labute approximate surface area is 122 Å². The number of aliphatic carboxylic acids is 1. The fourth-order valence-electron chi connectivity index (χ4n) is 3.51. The van der Waals surface area contributed by atoms with Gasteiger partial charge in [-0.3, -0.25) is 9.69 Å². The fraction of sp³-hybridized carbons (Fsp3) is 0.467. The summed E-state index contributed by atoms with van der Waals surface area (Å²) in [6, 6.07) is 6.05. The number of carbonyl (C=O) groups excluding carboxylic acids is 1. The molecule has 6 heteroatoms. The number of phenols is 1. The summed E-state index contributed by atoms with van der Waals surface area (Å²) in [5.74, 6) is -1.11. The van der Waals surface area contributed by atoms with Crippen molar-refractivity contribution in [1.82, 2.24) is 4.90 Å². The monoisotopic (exact) mass is 290 g/mol. The molecule has 2 heterocycles. The van der Waals surface area contributed by atoms with Crippen molar-refractivity contribution in [2.75, 3.05) is 11.9 Å². The van der Waals surface area contributed by atoms with E-state index < -0.39 is 11.9 Å². The van der Waals surface area contributed by atoms with E-state index in [0.717, 1.165) is 12.8 Å². The molecule has 3 atom stereocenters. The smallest absolute Gasteiger partial charge is 0.324 e. The molecule has 112 valence electrons. The zero-order chi connectivity index (χ0) is 15.1. The molecule has 2 aliphatic rings. The van der Waals surface area contributed by atoms with Crippen LogP contribution in [0, 0.1) is 5.92 Å². The fourth-order valence-corrected chi connectivity index (χ4v) is 3.51. The summed E-state index contributed by atoms with van der Waals surface area (Å²) < 4.78 is 0. The second-order valence-electron chi connectivity index (χ2n) is 5.74. The number of carboxylic acids is 1. The van der Waals surface area contributed by atoms with Crippen molar-refractivity contribution < 1.29 is 19.8 Å². The molecule has 2 N–H and O–H groups in total. The minimum absolute atomic E-state index is 0.0307. The van der Waals surface area contributed by atoms with Gasteiger partial charge >= 0.3 is 12.0 Å². The predicted molar refractivity (Wildman–Crippen MR) is 76.3 cm³/mol. The van der Waals surface area contributed by atoms with Gasteiger partial charge in [-0.1, -0.05) is 0 Å². The highest BCUT2D eigenvalue weighted by Gasteiger charge is 2.52. The lowest BCUT2D eigenvalue weighted by molar-refractivity contribution is -0.142. The number of aromatic hydroxyl groups is 1. The number of amides is 2. The molecule has 0 aromatic heterocycles. The van der Waals surface area contributed by atoms with E-state index in [-0.39, 0.29) is 23.9 Å². The van der Waals surface area contributed by atoms with Crippen molar-refractivity contribution >= 4 is 17.7 Å². The first kappa shape index (κ1) is 13.7. The molecule has 2 aliphatic heterocycles. The van der Waals surface area contributed by atoms with Gasteiger partial charge in [0.05, 0.1) is 5.92 Å². The summed E-state index contributed by atoms with van der Waals surface area (Å²) >= 11 is 0. The predicted octanol–water partition coefficient (Wildman–Crippen LogP) is 1.89. The van der Waals surface area contributed by atoms with Crippen LogP contribution >= 0.6 is 0 Å². The van der Waals surface area contributed by atoms with E-state index in [9.17, 15) is 19.8 Å². The van der Waals surface area contributed by atoms with Crippen LogP contribution in [0.4, 0.5) is 10.5 Å². The number of urea groups is 1. The summed E-state index contributed by atoms with van der Waals surface area (Å²) in [5, 5.41) is 18.5. The third kappa shape index (κ3) is 2.20. The van der Waals surface area contributed by atoms with E-state index in [1.165, 1.54) is 17.0 Å². The van der Waals surface area contributed by atoms with E-state index >= 15 is 0 Å². The number of nitrogens with zero attached hydrogens (tertiary/aromatic N) is 2. The average Bonchev–Trinajstić information content (AvgIpc) is 3.04. The lowest BCUT2D eigenvalue weighted by Crippen LogP contribution is -2.45. The maximum atomic E-state index is 12.7. The van der Waals surface area contributed by atoms with Gasteiger partial charge in [-0.15, -0.1) is 0 Å². The summed E-state index contributed by atoms with van der Waals surface area (Å²) in [5.41, 5.74) is 0.677. The Morgan fingerprint density at radius 2 is 1.90 bits per heavy atom. The average molecular weight is 290 g/mol. The first-order valence-electron chi connectivity index (χ1n) is 7.07. The van der Waals surface area contributed by atoms with E-state index in [4.69, 9.17) is 0 Å². The Bertz CT molecular complexity index is 572. The van der Waals surface area contributed by atoms with Crippen molar-refractivity contribution in [3.63, 3.8) is 0 Å². The lowest BCUT2D eigenvalue weighted by atomic mass is 9.89. The van der Waals surface area contributed by atoms with Crippen LogP contribution in [0.15, 0.2) is 24.3 Å². The molecule has 2 saturated heterocycles. The summed E-state index contributed by atoms with van der Waals surface area (Å²) in [4.78, 5) is 27.2. The minimum Gasteiger partial charge on any atom is -0.508 e. The molecular formula is C15H18N2O4. The van der Waals surface area contributed by atoms with Gasteiger partial charge in [0, 0.05) is 24.8 Å². The Hall–Kier alpha value is -2.24. The number of hydrogen-bond acceptors (Lipinski definition) is 3. The van der Waals surface area contributed by atoms with Crippen LogP contribution in [0.2, 0.25) is 0 Å². The standard InChI is InChI=1S/C15H18N2O4/c1-16(9-2-5-11(18)6-3-9)15(21)17-10-4-7-13(17)12(8-10)14(19)20/h2-3,5-6,10,12-13,18H,4,7-8H2,1H3,(H,19,20). The zero-order valence-electron chi connectivity index (χ0n) is 11.8. The highest BCUT2D eigenvalue weighted by atomic mass is 16.4. The molecule has 0 saturated carbocycles. The van der Waals surface area contributed by atoms with Crippen LogP contribution in [0.5, 0.6) is 5.75 Å². The van der Waals surface area contributed by atoms with Crippen LogP contribution in [0.3, 0.4) is 0 Å². The second kappa shape index (κ2) is 4.95. The number of carboxylic acid groups (broad SMARTS) is 1. The maximum absolute atomic E-state index is 12.7. The van der Waals surface area contributed by atoms with Crippen molar-refractivity contribution in [2.45, 2.75) is 31.3 Å². The van der Waals surface area contributed by atoms with Gasteiger partial charge in [-0.05, 0) is 43.5 Å². The molecule has 0 aliphatic carbocycles. The number of benzene rings is 1. The molecule has 2 bridgehead atoms. The third-order valence-electron chi connectivity index (χ3n) is 4.60. The molecule has 0 radical (unpaired) electrons. The number of rotatable bonds is 2.